The van der Waals surface area contributed by atoms with Gasteiger partial charge in [-0.05, 0) is 61.1 Å². The Kier molecular flexibility index (Phi) is 4.82. The van der Waals surface area contributed by atoms with Crippen LogP contribution in [0.4, 0.5) is 11.5 Å². The van der Waals surface area contributed by atoms with Crippen molar-refractivity contribution in [2.24, 2.45) is 11.8 Å². The number of piperidine rings is 2. The zero-order chi connectivity index (χ0) is 21.2. The largest absolute Gasteiger partial charge is 0.394 e. The number of nitrogens with zero attached hydrogens (tertiary/aromatic N) is 2. The van der Waals surface area contributed by atoms with Gasteiger partial charge in [0.2, 0.25) is 0 Å². The van der Waals surface area contributed by atoms with Crippen LogP contribution in [-0.2, 0) is 17.2 Å². The highest BCUT2D eigenvalue weighted by atomic mass is 35.5. The molecule has 0 spiro atoms. The fourth-order valence-corrected chi connectivity index (χ4v) is 7.53. The van der Waals surface area contributed by atoms with Crippen molar-refractivity contribution < 1.29 is 9.32 Å². The number of fused-ring (bicyclic) bond motifs is 3. The van der Waals surface area contributed by atoms with Crippen molar-refractivity contribution in [3.63, 3.8) is 0 Å². The van der Waals surface area contributed by atoms with Gasteiger partial charge >= 0.3 is 0 Å². The summed E-state index contributed by atoms with van der Waals surface area (Å²) in [5.74, 6) is 3.53. The molecule has 2 saturated carbocycles. The minimum atomic E-state index is -1.00. The molecule has 4 heterocycles. The molecule has 3 atom stereocenters. The van der Waals surface area contributed by atoms with Gasteiger partial charge in [0.15, 0.2) is 0 Å². The van der Waals surface area contributed by atoms with Crippen molar-refractivity contribution in [3.05, 3.63) is 46.6 Å². The number of aromatic nitrogens is 1. The van der Waals surface area contributed by atoms with E-state index >= 15 is 0 Å². The summed E-state index contributed by atoms with van der Waals surface area (Å²) in [6.07, 6.45) is 5.08. The van der Waals surface area contributed by atoms with Crippen molar-refractivity contribution in [2.75, 3.05) is 35.7 Å². The fourth-order valence-electron chi connectivity index (χ4n) is 6.06. The Morgan fingerprint density at radius 2 is 1.97 bits per heavy atom. The third kappa shape index (κ3) is 3.30. The van der Waals surface area contributed by atoms with E-state index in [9.17, 15) is 9.32 Å². The standard InChI is InChI=1S/C24H28ClN3O2S/c25-18-4-2-15(3-5-18)22-16-10-17(22)13-28(12-16)21-11-20(27-24(14-29)7-1-8-24)23-19(26-21)6-9-31(23)30/h2-5,11,16-17,22,29H,1,6-10,12-14H2,(H,26,27)/t16?,17?,22?,31-/m0/s1. The molecule has 31 heavy (non-hydrogen) atoms. The molecule has 2 aliphatic carbocycles. The molecule has 2 bridgehead atoms. The zero-order valence-electron chi connectivity index (χ0n) is 17.5. The van der Waals surface area contributed by atoms with Crippen LogP contribution in [0.3, 0.4) is 0 Å². The maximum absolute atomic E-state index is 12.7. The number of benzene rings is 1. The number of aliphatic hydroxyl groups excluding tert-OH is 1. The zero-order valence-corrected chi connectivity index (χ0v) is 19.1. The van der Waals surface area contributed by atoms with E-state index < -0.39 is 10.8 Å². The predicted octanol–water partition coefficient (Wildman–Crippen LogP) is 3.97. The summed E-state index contributed by atoms with van der Waals surface area (Å²) < 4.78 is 12.7. The Morgan fingerprint density at radius 3 is 2.61 bits per heavy atom. The van der Waals surface area contributed by atoms with E-state index in [4.69, 9.17) is 16.6 Å². The number of hydrogen-bond acceptors (Lipinski definition) is 5. The van der Waals surface area contributed by atoms with Gasteiger partial charge in [0.25, 0.3) is 0 Å². The van der Waals surface area contributed by atoms with Crippen molar-refractivity contribution >= 4 is 33.9 Å². The number of anilines is 2. The first-order valence-electron chi connectivity index (χ1n) is 11.4. The summed E-state index contributed by atoms with van der Waals surface area (Å²) in [6, 6.07) is 10.5. The van der Waals surface area contributed by atoms with E-state index in [-0.39, 0.29) is 12.1 Å². The second kappa shape index (κ2) is 7.46. The third-order valence-electron chi connectivity index (χ3n) is 7.90. The van der Waals surface area contributed by atoms with Gasteiger partial charge in [-0.25, -0.2) is 4.98 Å². The number of rotatable bonds is 5. The van der Waals surface area contributed by atoms with E-state index in [2.05, 4.69) is 28.4 Å². The molecule has 7 rings (SSSR count). The van der Waals surface area contributed by atoms with Gasteiger partial charge in [-0.1, -0.05) is 23.7 Å². The molecule has 4 fully saturated rings. The smallest absolute Gasteiger partial charge is 0.130 e. The second-order valence-electron chi connectivity index (χ2n) is 9.76. The Bertz CT molecular complexity index is 1020. The molecule has 0 radical (unpaired) electrons. The van der Waals surface area contributed by atoms with Crippen LogP contribution in [0.1, 0.15) is 42.9 Å². The van der Waals surface area contributed by atoms with E-state index in [1.807, 2.05) is 12.1 Å². The molecule has 1 aromatic carbocycles. The molecular formula is C24H28ClN3O2S. The molecule has 0 amide bonds. The van der Waals surface area contributed by atoms with Gasteiger partial charge < -0.3 is 15.3 Å². The molecule has 2 saturated heterocycles. The highest BCUT2D eigenvalue weighted by molar-refractivity contribution is 7.85. The van der Waals surface area contributed by atoms with Crippen LogP contribution < -0.4 is 10.2 Å². The lowest BCUT2D eigenvalue weighted by atomic mass is 9.59. The summed E-state index contributed by atoms with van der Waals surface area (Å²) in [7, 11) is -1.00. The molecule has 3 aliphatic heterocycles. The van der Waals surface area contributed by atoms with Gasteiger partial charge in [-0.3, -0.25) is 4.21 Å². The molecule has 2 aromatic rings. The van der Waals surface area contributed by atoms with Crippen LogP contribution in [0.2, 0.25) is 5.02 Å². The number of nitrogens with one attached hydrogen (secondary N) is 1. The Labute approximate surface area is 190 Å². The third-order valence-corrected chi connectivity index (χ3v) is 9.64. The van der Waals surface area contributed by atoms with Gasteiger partial charge in [0.1, 0.15) is 5.82 Å². The van der Waals surface area contributed by atoms with E-state index in [1.165, 1.54) is 12.0 Å². The number of pyridine rings is 1. The second-order valence-corrected chi connectivity index (χ2v) is 11.7. The monoisotopic (exact) mass is 457 g/mol. The lowest BCUT2D eigenvalue weighted by Crippen LogP contribution is -2.54. The van der Waals surface area contributed by atoms with Crippen LogP contribution in [-0.4, -0.2) is 45.3 Å². The normalized spacial score (nSPS) is 30.3. The van der Waals surface area contributed by atoms with Crippen LogP contribution in [0, 0.1) is 11.8 Å². The highest BCUT2D eigenvalue weighted by Crippen LogP contribution is 2.52. The summed E-state index contributed by atoms with van der Waals surface area (Å²) in [5, 5.41) is 14.3. The molecule has 7 heteroatoms. The van der Waals surface area contributed by atoms with Gasteiger partial charge in [-0.15, -0.1) is 0 Å². The van der Waals surface area contributed by atoms with Gasteiger partial charge in [-0.2, -0.15) is 0 Å². The Hall–Kier alpha value is -1.63. The highest BCUT2D eigenvalue weighted by Gasteiger charge is 2.48. The first-order chi connectivity index (χ1) is 15.0. The Morgan fingerprint density at radius 1 is 1.23 bits per heavy atom. The molecule has 1 aromatic heterocycles. The molecule has 2 unspecified atom stereocenters. The maximum Gasteiger partial charge on any atom is 0.130 e. The topological polar surface area (TPSA) is 65.5 Å². The summed E-state index contributed by atoms with van der Waals surface area (Å²) in [6.45, 7) is 2.12. The van der Waals surface area contributed by atoms with E-state index in [1.54, 1.807) is 0 Å². The van der Waals surface area contributed by atoms with Crippen molar-refractivity contribution in [2.45, 2.75) is 48.5 Å². The molecule has 5 nitrogen and oxygen atoms in total. The van der Waals surface area contributed by atoms with Gasteiger partial charge in [0, 0.05) is 36.4 Å². The van der Waals surface area contributed by atoms with Crippen molar-refractivity contribution in [3.8, 4) is 0 Å². The minimum absolute atomic E-state index is 0.114. The average molecular weight is 458 g/mol. The van der Waals surface area contributed by atoms with Crippen LogP contribution >= 0.6 is 11.6 Å². The van der Waals surface area contributed by atoms with Crippen molar-refractivity contribution in [1.82, 2.24) is 4.98 Å². The number of halogens is 1. The lowest BCUT2D eigenvalue weighted by Gasteiger charge is -2.54. The van der Waals surface area contributed by atoms with E-state index in [0.29, 0.717) is 23.5 Å². The van der Waals surface area contributed by atoms with E-state index in [0.717, 1.165) is 65.9 Å². The fraction of sp³-hybridized carbons (Fsp3) is 0.542. The number of aliphatic hydroxyl groups is 1. The number of hydrogen-bond donors (Lipinski definition) is 2. The average Bonchev–Trinajstić information content (AvgIpc) is 3.13. The first-order valence-corrected chi connectivity index (χ1v) is 13.1. The molecule has 2 N–H and O–H groups in total. The van der Waals surface area contributed by atoms with Gasteiger partial charge in [0.05, 0.1) is 39.2 Å². The van der Waals surface area contributed by atoms with Crippen LogP contribution in [0.25, 0.3) is 0 Å². The summed E-state index contributed by atoms with van der Waals surface area (Å²) in [4.78, 5) is 8.25. The molecule has 164 valence electrons. The maximum atomic E-state index is 12.7. The Balaban J connectivity index is 1.27. The predicted molar refractivity (Wildman–Crippen MR) is 125 cm³/mol. The SMILES string of the molecule is O=[S@]1CCc2nc(N3CC4CC(C3)C4c3ccc(Cl)cc3)cc(NC3(CO)CCC3)c21. The summed E-state index contributed by atoms with van der Waals surface area (Å²) in [5.41, 5.74) is 3.04. The summed E-state index contributed by atoms with van der Waals surface area (Å²) >= 11 is 6.08. The van der Waals surface area contributed by atoms with Crippen LogP contribution in [0.5, 0.6) is 0 Å². The quantitative estimate of drug-likeness (QED) is 0.711. The molecular weight excluding hydrogens is 430 g/mol. The lowest BCUT2D eigenvalue weighted by molar-refractivity contribution is 0.111. The minimum Gasteiger partial charge on any atom is -0.394 e. The number of aryl methyl sites for hydroxylation is 1. The molecule has 5 aliphatic rings. The van der Waals surface area contributed by atoms with Crippen LogP contribution in [0.15, 0.2) is 35.2 Å². The first kappa shape index (κ1) is 20.0. The van der Waals surface area contributed by atoms with Crippen molar-refractivity contribution in [1.29, 1.82) is 0 Å².